The van der Waals surface area contributed by atoms with Gasteiger partial charge in [0.1, 0.15) is 17.5 Å². The molecule has 3 N–H and O–H groups in total. The number of carbonyl (C=O) groups excluding carboxylic acids is 2. The number of hydrogen-bond donors (Lipinski definition) is 3. The summed E-state index contributed by atoms with van der Waals surface area (Å²) in [6.07, 6.45) is 0.0863. The van der Waals surface area contributed by atoms with Crippen molar-refractivity contribution in [2.75, 3.05) is 19.5 Å². The van der Waals surface area contributed by atoms with Crippen molar-refractivity contribution in [3.05, 3.63) is 71.4 Å². The molecule has 8 nitrogen and oxygen atoms in total. The number of carbonyl (C=O) groups is 2. The highest BCUT2D eigenvalue weighted by molar-refractivity contribution is 5.96. The molecule has 0 saturated carbocycles. The Bertz CT molecular complexity index is 1090. The summed E-state index contributed by atoms with van der Waals surface area (Å²) >= 11 is 0. The van der Waals surface area contributed by atoms with E-state index in [4.69, 9.17) is 9.47 Å². The lowest BCUT2D eigenvalue weighted by Gasteiger charge is -2.23. The van der Waals surface area contributed by atoms with Crippen molar-refractivity contribution >= 4 is 17.6 Å². The van der Waals surface area contributed by atoms with E-state index in [1.807, 2.05) is 24.3 Å². The molecule has 1 atom stereocenters. The normalized spacial score (nSPS) is 12.0. The Morgan fingerprint density at radius 2 is 1.67 bits per heavy atom. The fourth-order valence-electron chi connectivity index (χ4n) is 3.46. The second kappa shape index (κ2) is 10.2. The molecule has 0 unspecified atom stereocenters. The van der Waals surface area contributed by atoms with Crippen molar-refractivity contribution in [1.82, 2.24) is 15.5 Å². The molecule has 8 heteroatoms. The van der Waals surface area contributed by atoms with Gasteiger partial charge >= 0.3 is 0 Å². The van der Waals surface area contributed by atoms with Gasteiger partial charge in [-0.25, -0.2) is 0 Å². The molecule has 2 amide bonds. The van der Waals surface area contributed by atoms with Gasteiger partial charge in [0, 0.05) is 23.2 Å². The van der Waals surface area contributed by atoms with Crippen molar-refractivity contribution in [3.8, 4) is 11.5 Å². The summed E-state index contributed by atoms with van der Waals surface area (Å²) in [5, 5.41) is 12.7. The molecule has 0 radical (unpaired) electrons. The number of aromatic nitrogens is 2. The van der Waals surface area contributed by atoms with Gasteiger partial charge in [0.25, 0.3) is 0 Å². The van der Waals surface area contributed by atoms with Crippen LogP contribution in [0.25, 0.3) is 0 Å². The summed E-state index contributed by atoms with van der Waals surface area (Å²) < 4.78 is 10.5. The predicted octanol–water partition coefficient (Wildman–Crippen LogP) is 3.44. The van der Waals surface area contributed by atoms with Gasteiger partial charge < -0.3 is 20.1 Å². The zero-order valence-corrected chi connectivity index (χ0v) is 19.6. The number of hydrogen-bond acceptors (Lipinski definition) is 5. The van der Waals surface area contributed by atoms with Crippen molar-refractivity contribution in [2.45, 2.75) is 38.6 Å². The summed E-state index contributed by atoms with van der Waals surface area (Å²) in [6, 6.07) is 16.4. The first-order valence-corrected chi connectivity index (χ1v) is 10.7. The Hall–Kier alpha value is -3.81. The highest BCUT2D eigenvalue weighted by Crippen LogP contribution is 2.31. The summed E-state index contributed by atoms with van der Waals surface area (Å²) in [4.78, 5) is 25.1. The summed E-state index contributed by atoms with van der Waals surface area (Å²) in [7, 11) is 3.10. The number of amides is 2. The van der Waals surface area contributed by atoms with Gasteiger partial charge in [0.15, 0.2) is 5.82 Å². The third-order valence-corrected chi connectivity index (χ3v) is 5.54. The van der Waals surface area contributed by atoms with E-state index in [1.54, 1.807) is 39.3 Å². The van der Waals surface area contributed by atoms with Gasteiger partial charge in [0.2, 0.25) is 11.8 Å². The average Bonchev–Trinajstić information content (AvgIpc) is 3.28. The number of aromatic amines is 1. The number of ether oxygens (including phenoxy) is 2. The molecule has 33 heavy (non-hydrogen) atoms. The predicted molar refractivity (Wildman–Crippen MR) is 127 cm³/mol. The average molecular weight is 451 g/mol. The zero-order valence-electron chi connectivity index (χ0n) is 19.6. The van der Waals surface area contributed by atoms with E-state index in [2.05, 4.69) is 46.8 Å². The molecular formula is C25H30N4O4. The minimum absolute atomic E-state index is 0.0863. The molecule has 0 saturated heterocycles. The molecule has 1 heterocycles. The molecule has 0 fully saturated rings. The van der Waals surface area contributed by atoms with Crippen LogP contribution < -0.4 is 20.1 Å². The maximum atomic E-state index is 12.6. The van der Waals surface area contributed by atoms with Crippen LogP contribution in [0.2, 0.25) is 0 Å². The number of benzene rings is 2. The molecule has 1 aromatic heterocycles. The highest BCUT2D eigenvalue weighted by atomic mass is 16.5. The first kappa shape index (κ1) is 23.8. The molecule has 3 rings (SSSR count). The summed E-state index contributed by atoms with van der Waals surface area (Å²) in [5.74, 6) is 0.937. The largest absolute Gasteiger partial charge is 0.497 e. The Kier molecular flexibility index (Phi) is 7.37. The summed E-state index contributed by atoms with van der Waals surface area (Å²) in [6.45, 7) is 5.79. The Balaban J connectivity index is 1.59. The van der Waals surface area contributed by atoms with Crippen molar-refractivity contribution in [1.29, 1.82) is 0 Å². The van der Waals surface area contributed by atoms with Gasteiger partial charge in [-0.15, -0.1) is 0 Å². The second-order valence-electron chi connectivity index (χ2n) is 8.33. The monoisotopic (exact) mass is 450 g/mol. The molecule has 0 aliphatic rings. The van der Waals surface area contributed by atoms with E-state index in [0.29, 0.717) is 17.3 Å². The van der Waals surface area contributed by atoms with Gasteiger partial charge in [-0.2, -0.15) is 5.10 Å². The van der Waals surface area contributed by atoms with E-state index in [9.17, 15) is 9.59 Å². The number of nitrogens with zero attached hydrogens (tertiary/aromatic N) is 1. The van der Waals surface area contributed by atoms with Crippen molar-refractivity contribution in [2.24, 2.45) is 0 Å². The lowest BCUT2D eigenvalue weighted by Crippen LogP contribution is -2.42. The third-order valence-electron chi connectivity index (χ3n) is 5.54. The lowest BCUT2D eigenvalue weighted by molar-refractivity contribution is -0.125. The van der Waals surface area contributed by atoms with E-state index >= 15 is 0 Å². The van der Waals surface area contributed by atoms with Gasteiger partial charge in [-0.05, 0) is 30.2 Å². The maximum absolute atomic E-state index is 12.6. The van der Waals surface area contributed by atoms with Crippen LogP contribution in [0.1, 0.15) is 37.6 Å². The minimum Gasteiger partial charge on any atom is -0.497 e. The summed E-state index contributed by atoms with van der Waals surface area (Å²) in [5.41, 5.74) is 2.40. The zero-order chi connectivity index (χ0) is 24.0. The van der Waals surface area contributed by atoms with Crippen molar-refractivity contribution < 1.29 is 19.1 Å². The van der Waals surface area contributed by atoms with Crippen LogP contribution in [0.15, 0.2) is 54.6 Å². The smallest absolute Gasteiger partial charge is 0.247 e. The van der Waals surface area contributed by atoms with Crippen LogP contribution in [-0.4, -0.2) is 42.3 Å². The highest BCUT2D eigenvalue weighted by Gasteiger charge is 2.26. The van der Waals surface area contributed by atoms with Gasteiger partial charge in [0.05, 0.1) is 20.6 Å². The van der Waals surface area contributed by atoms with Crippen LogP contribution in [0.3, 0.4) is 0 Å². The molecule has 0 aliphatic carbocycles. The van der Waals surface area contributed by atoms with Crippen LogP contribution in [0.4, 0.5) is 5.82 Å². The van der Waals surface area contributed by atoms with E-state index in [1.165, 1.54) is 0 Å². The molecule has 0 aliphatic heterocycles. The van der Waals surface area contributed by atoms with Gasteiger partial charge in [-0.1, -0.05) is 44.2 Å². The van der Waals surface area contributed by atoms with Gasteiger partial charge in [-0.3, -0.25) is 14.7 Å². The van der Waals surface area contributed by atoms with Crippen LogP contribution in [0.5, 0.6) is 11.5 Å². The fourth-order valence-corrected chi connectivity index (χ4v) is 3.46. The fraction of sp³-hybridized carbons (Fsp3) is 0.320. The third kappa shape index (κ3) is 5.91. The molecular weight excluding hydrogens is 420 g/mol. The SMILES string of the molecule is COc1cc(CC(=O)N[C@@H](C)C(=O)Nc2cc(C(C)(C)c3ccccc3)[nH]n2)cc(OC)c1. The molecule has 3 aromatic rings. The Morgan fingerprint density at radius 1 is 1.03 bits per heavy atom. The number of rotatable bonds is 9. The first-order valence-electron chi connectivity index (χ1n) is 10.7. The quantitative estimate of drug-likeness (QED) is 0.463. The Labute approximate surface area is 193 Å². The number of methoxy groups -OCH3 is 2. The molecule has 0 spiro atoms. The van der Waals surface area contributed by atoms with Crippen LogP contribution >= 0.6 is 0 Å². The van der Waals surface area contributed by atoms with Crippen LogP contribution in [0, 0.1) is 0 Å². The minimum atomic E-state index is -0.743. The van der Waals surface area contributed by atoms with E-state index < -0.39 is 6.04 Å². The number of nitrogens with one attached hydrogen (secondary N) is 3. The Morgan fingerprint density at radius 3 is 2.27 bits per heavy atom. The van der Waals surface area contributed by atoms with E-state index in [0.717, 1.165) is 16.8 Å². The molecule has 2 aromatic carbocycles. The lowest BCUT2D eigenvalue weighted by atomic mass is 9.82. The molecule has 174 valence electrons. The number of H-pyrrole nitrogens is 1. The second-order valence-corrected chi connectivity index (χ2v) is 8.33. The van der Waals surface area contributed by atoms with Crippen molar-refractivity contribution in [3.63, 3.8) is 0 Å². The topological polar surface area (TPSA) is 105 Å². The molecule has 0 bridgehead atoms. The standard InChI is InChI=1S/C25H30N4O4/c1-16(26-23(30)13-17-11-19(32-4)14-20(12-17)33-5)24(31)27-22-15-21(28-29-22)25(2,3)18-9-7-6-8-10-18/h6-12,14-16H,13H2,1-5H3,(H,26,30)(H2,27,28,29,31)/t16-/m0/s1. The first-order chi connectivity index (χ1) is 15.7. The number of anilines is 1. The maximum Gasteiger partial charge on any atom is 0.247 e. The van der Waals surface area contributed by atoms with E-state index in [-0.39, 0.29) is 23.7 Å². The van der Waals surface area contributed by atoms with Crippen LogP contribution in [-0.2, 0) is 21.4 Å².